The molecule has 1 aromatic rings. The quantitative estimate of drug-likeness (QED) is 0.601. The van der Waals surface area contributed by atoms with Crippen molar-refractivity contribution in [2.75, 3.05) is 0 Å². The fourth-order valence-electron chi connectivity index (χ4n) is 1.73. The highest BCUT2D eigenvalue weighted by molar-refractivity contribution is 7.11. The Bertz CT molecular complexity index is 246. The topological polar surface area (TPSA) is 12.9 Å². The molecule has 0 amide bonds. The van der Waals surface area contributed by atoms with Crippen molar-refractivity contribution in [1.29, 1.82) is 0 Å². The molecule has 0 unspecified atom stereocenters. The van der Waals surface area contributed by atoms with Crippen LogP contribution in [0.3, 0.4) is 0 Å². The maximum atomic E-state index is 4.65. The minimum atomic E-state index is 1.11. The van der Waals surface area contributed by atoms with E-state index in [1.807, 2.05) is 11.3 Å². The van der Waals surface area contributed by atoms with E-state index in [0.29, 0.717) is 0 Å². The van der Waals surface area contributed by atoms with Gasteiger partial charge in [-0.3, -0.25) is 0 Å². The van der Waals surface area contributed by atoms with E-state index >= 15 is 0 Å². The van der Waals surface area contributed by atoms with Crippen molar-refractivity contribution in [3.05, 3.63) is 15.6 Å². The van der Waals surface area contributed by atoms with E-state index in [9.17, 15) is 0 Å². The Balaban J connectivity index is 2.26. The van der Waals surface area contributed by atoms with Gasteiger partial charge in [0.1, 0.15) is 7.28 Å². The number of hydrogen-bond donors (Lipinski definition) is 0. The summed E-state index contributed by atoms with van der Waals surface area (Å²) in [6, 6.07) is 0. The molecular formula is C9H14BNS. The monoisotopic (exact) mass is 179 g/mol. The second-order valence-corrected chi connectivity index (χ2v) is 4.56. The van der Waals surface area contributed by atoms with Gasteiger partial charge in [-0.25, -0.2) is 4.98 Å². The van der Waals surface area contributed by atoms with Crippen molar-refractivity contribution in [3.8, 4) is 0 Å². The average Bonchev–Trinajstić information content (AvgIpc) is 2.37. The molecule has 1 aliphatic heterocycles. The molecule has 1 nitrogen and oxygen atoms in total. The van der Waals surface area contributed by atoms with E-state index in [2.05, 4.69) is 11.9 Å². The van der Waals surface area contributed by atoms with Gasteiger partial charge >= 0.3 is 0 Å². The van der Waals surface area contributed by atoms with Gasteiger partial charge in [0.25, 0.3) is 0 Å². The van der Waals surface area contributed by atoms with Crippen molar-refractivity contribution in [2.45, 2.75) is 38.8 Å². The smallest absolute Gasteiger partial charge is 0.121 e. The third-order valence-electron chi connectivity index (χ3n) is 2.44. The third kappa shape index (κ3) is 1.56. The third-order valence-corrected chi connectivity index (χ3v) is 3.74. The molecule has 0 N–H and O–H groups in total. The lowest BCUT2D eigenvalue weighted by Crippen LogP contribution is -1.89. The summed E-state index contributed by atoms with van der Waals surface area (Å²) in [6.07, 6.45) is 6.34. The van der Waals surface area contributed by atoms with E-state index in [1.54, 1.807) is 4.88 Å². The summed E-state index contributed by atoms with van der Waals surface area (Å²) in [6.45, 7) is 2.19. The predicted molar refractivity (Wildman–Crippen MR) is 55.7 cm³/mol. The highest BCUT2D eigenvalue weighted by atomic mass is 32.1. The van der Waals surface area contributed by atoms with Gasteiger partial charge in [-0.1, -0.05) is 19.6 Å². The zero-order chi connectivity index (χ0) is 8.39. The van der Waals surface area contributed by atoms with Crippen LogP contribution in [0.4, 0.5) is 0 Å². The van der Waals surface area contributed by atoms with Crippen LogP contribution < -0.4 is 0 Å². The number of thiazole rings is 1. The Morgan fingerprint density at radius 2 is 2.25 bits per heavy atom. The van der Waals surface area contributed by atoms with E-state index in [4.69, 9.17) is 0 Å². The zero-order valence-corrected chi connectivity index (χ0v) is 8.41. The minimum absolute atomic E-state index is 1.11. The Labute approximate surface area is 78.5 Å². The second-order valence-electron chi connectivity index (χ2n) is 3.39. The van der Waals surface area contributed by atoms with Gasteiger partial charge in [-0.05, 0) is 19.3 Å². The number of hydrogen-bond acceptors (Lipinski definition) is 2. The molecule has 1 aliphatic rings. The number of rotatable bonds is 1. The molecule has 2 heterocycles. The predicted octanol–water partition coefficient (Wildman–Crippen LogP) is 2.08. The molecule has 0 saturated carbocycles. The van der Waals surface area contributed by atoms with Crippen LogP contribution in [0.5, 0.6) is 0 Å². The number of aryl methyl sites for hydroxylation is 3. The van der Waals surface area contributed by atoms with Crippen LogP contribution in [-0.2, 0) is 19.3 Å². The van der Waals surface area contributed by atoms with Crippen LogP contribution in [0.25, 0.3) is 0 Å². The first kappa shape index (κ1) is 8.30. The largest absolute Gasteiger partial charge is 0.246 e. The molecule has 0 aromatic carbocycles. The summed E-state index contributed by atoms with van der Waals surface area (Å²) < 4.78 is 0. The molecule has 0 spiro atoms. The molecule has 0 saturated heterocycles. The molecule has 2 rings (SSSR count). The summed E-state index contributed by atoms with van der Waals surface area (Å²) in [5.41, 5.74) is 1.41. The van der Waals surface area contributed by atoms with Crippen LogP contribution in [0.15, 0.2) is 0 Å². The van der Waals surface area contributed by atoms with Gasteiger partial charge in [-0.15, -0.1) is 11.3 Å². The van der Waals surface area contributed by atoms with E-state index in [0.717, 1.165) is 6.42 Å². The molecule has 1 aromatic heterocycles. The van der Waals surface area contributed by atoms with Gasteiger partial charge in [0.2, 0.25) is 0 Å². The number of aromatic nitrogens is 1. The van der Waals surface area contributed by atoms with Crippen molar-refractivity contribution < 1.29 is 0 Å². The number of nitrogens with zero attached hydrogens (tertiary/aromatic N) is 1. The lowest BCUT2D eigenvalue weighted by atomic mass is 9.70. The fourth-order valence-corrected chi connectivity index (χ4v) is 2.83. The molecule has 0 fully saturated rings. The Morgan fingerprint density at radius 1 is 1.42 bits per heavy atom. The Hall–Kier alpha value is -0.305. The summed E-state index contributed by atoms with van der Waals surface area (Å²) in [4.78, 5) is 6.22. The summed E-state index contributed by atoms with van der Waals surface area (Å²) in [5, 5.41) is 1.34. The Morgan fingerprint density at radius 3 is 3.08 bits per heavy atom. The lowest BCUT2D eigenvalue weighted by Gasteiger charge is -1.91. The van der Waals surface area contributed by atoms with Crippen LogP contribution in [0, 0.1) is 0 Å². The maximum Gasteiger partial charge on any atom is 0.121 e. The minimum Gasteiger partial charge on any atom is -0.246 e. The van der Waals surface area contributed by atoms with Crippen molar-refractivity contribution >= 4 is 18.6 Å². The van der Waals surface area contributed by atoms with Gasteiger partial charge in [0, 0.05) is 4.88 Å². The molecule has 0 aliphatic carbocycles. The average molecular weight is 179 g/mol. The van der Waals surface area contributed by atoms with Crippen LogP contribution in [0.2, 0.25) is 12.6 Å². The molecule has 0 bridgehead atoms. The van der Waals surface area contributed by atoms with Crippen molar-refractivity contribution in [1.82, 2.24) is 4.98 Å². The van der Waals surface area contributed by atoms with Crippen LogP contribution in [-0.4, -0.2) is 12.3 Å². The first-order valence-corrected chi connectivity index (χ1v) is 5.69. The number of fused-ring (bicyclic) bond motifs is 1. The fraction of sp³-hybridized carbons (Fsp3) is 0.667. The molecular weight excluding hydrogens is 165 g/mol. The van der Waals surface area contributed by atoms with Crippen LogP contribution in [0.1, 0.15) is 22.5 Å². The molecule has 0 radical (unpaired) electrons. The van der Waals surface area contributed by atoms with E-state index in [-0.39, 0.29) is 0 Å². The normalized spacial score (nSPS) is 16.4. The standard InChI is InChI=1S/C9H14BNS/c1-2-9-11-7-3-5-10-6-4-8(7)12-9/h10H,2-6H2,1H3. The zero-order valence-electron chi connectivity index (χ0n) is 7.60. The van der Waals surface area contributed by atoms with Gasteiger partial charge in [0.15, 0.2) is 0 Å². The first-order valence-electron chi connectivity index (χ1n) is 4.87. The molecule has 3 heteroatoms. The molecule has 0 atom stereocenters. The maximum absolute atomic E-state index is 4.65. The second kappa shape index (κ2) is 3.61. The van der Waals surface area contributed by atoms with Gasteiger partial charge in [0.05, 0.1) is 10.7 Å². The SMILES string of the molecule is CCc1nc2c(s1)CCBCC2. The first-order chi connectivity index (χ1) is 5.90. The van der Waals surface area contributed by atoms with Gasteiger partial charge in [-0.2, -0.15) is 0 Å². The molecule has 64 valence electrons. The van der Waals surface area contributed by atoms with Crippen LogP contribution >= 0.6 is 11.3 Å². The lowest BCUT2D eigenvalue weighted by molar-refractivity contribution is 0.987. The molecule has 12 heavy (non-hydrogen) atoms. The summed E-state index contributed by atoms with van der Waals surface area (Å²) in [5.74, 6) is 0. The highest BCUT2D eigenvalue weighted by Gasteiger charge is 2.13. The van der Waals surface area contributed by atoms with Crippen molar-refractivity contribution in [2.24, 2.45) is 0 Å². The van der Waals surface area contributed by atoms with E-state index < -0.39 is 0 Å². The summed E-state index contributed by atoms with van der Waals surface area (Å²) in [7, 11) is 1.39. The summed E-state index contributed by atoms with van der Waals surface area (Å²) >= 11 is 1.94. The van der Waals surface area contributed by atoms with Gasteiger partial charge < -0.3 is 0 Å². The Kier molecular flexibility index (Phi) is 2.49. The van der Waals surface area contributed by atoms with E-state index in [1.165, 1.54) is 43.5 Å². The van der Waals surface area contributed by atoms with Crippen molar-refractivity contribution in [3.63, 3.8) is 0 Å². The highest BCUT2D eigenvalue weighted by Crippen LogP contribution is 2.24.